The molecule has 1 heterocycles. The van der Waals surface area contributed by atoms with Crippen molar-refractivity contribution in [3.05, 3.63) is 10.5 Å². The molecule has 0 saturated heterocycles. The van der Waals surface area contributed by atoms with Crippen molar-refractivity contribution in [1.29, 1.82) is 0 Å². The molecule has 1 saturated carbocycles. The molecule has 2 unspecified atom stereocenters. The van der Waals surface area contributed by atoms with E-state index in [0.29, 0.717) is 24.7 Å². The summed E-state index contributed by atoms with van der Waals surface area (Å²) in [5.41, 5.74) is 4.74. The van der Waals surface area contributed by atoms with E-state index in [2.05, 4.69) is 15.5 Å². The van der Waals surface area contributed by atoms with Crippen LogP contribution in [0.4, 0.5) is 0 Å². The standard InChI is InChI=1S/C12H21N5O2S/c1-3-14-12(9(13)18)6-5-8(7-12)20-11-16-15-10(19)17(11)4-2/h8,14H,3-7H2,1-2H3,(H2,13,18)(H,15,19). The maximum atomic E-state index is 11.7. The molecule has 7 nitrogen and oxygen atoms in total. The van der Waals surface area contributed by atoms with E-state index < -0.39 is 5.54 Å². The third-order valence-electron chi connectivity index (χ3n) is 3.77. The molecule has 4 N–H and O–H groups in total. The molecular formula is C12H21N5O2S. The molecule has 0 bridgehead atoms. The number of nitrogens with one attached hydrogen (secondary N) is 2. The van der Waals surface area contributed by atoms with Gasteiger partial charge in [-0.15, -0.1) is 5.10 Å². The summed E-state index contributed by atoms with van der Waals surface area (Å²) in [7, 11) is 0. The number of rotatable bonds is 6. The second-order valence-electron chi connectivity index (χ2n) is 5.01. The number of amides is 1. The van der Waals surface area contributed by atoms with Crippen molar-refractivity contribution in [2.24, 2.45) is 5.73 Å². The Labute approximate surface area is 121 Å². The molecular weight excluding hydrogens is 278 g/mol. The van der Waals surface area contributed by atoms with Gasteiger partial charge in [-0.05, 0) is 32.7 Å². The van der Waals surface area contributed by atoms with Crippen LogP contribution < -0.4 is 16.7 Å². The molecule has 1 amide bonds. The maximum Gasteiger partial charge on any atom is 0.343 e. The lowest BCUT2D eigenvalue weighted by atomic mass is 9.97. The van der Waals surface area contributed by atoms with Gasteiger partial charge in [0.25, 0.3) is 0 Å². The van der Waals surface area contributed by atoms with Gasteiger partial charge in [0.2, 0.25) is 5.91 Å². The van der Waals surface area contributed by atoms with Crippen LogP contribution in [0.15, 0.2) is 9.95 Å². The minimum atomic E-state index is -0.611. The number of aromatic amines is 1. The van der Waals surface area contributed by atoms with E-state index >= 15 is 0 Å². The minimum absolute atomic E-state index is 0.194. The zero-order chi connectivity index (χ0) is 14.8. The molecule has 0 aromatic carbocycles. The molecule has 112 valence electrons. The summed E-state index contributed by atoms with van der Waals surface area (Å²) in [5, 5.41) is 10.6. The third kappa shape index (κ3) is 2.76. The second kappa shape index (κ2) is 6.01. The van der Waals surface area contributed by atoms with Gasteiger partial charge in [0.1, 0.15) is 0 Å². The Bertz CT molecular complexity index is 540. The van der Waals surface area contributed by atoms with Crippen molar-refractivity contribution >= 4 is 17.7 Å². The number of carbonyl (C=O) groups excluding carboxylic acids is 1. The smallest absolute Gasteiger partial charge is 0.343 e. The van der Waals surface area contributed by atoms with Gasteiger partial charge in [0, 0.05) is 11.8 Å². The van der Waals surface area contributed by atoms with Gasteiger partial charge in [-0.2, -0.15) is 0 Å². The number of thioether (sulfide) groups is 1. The number of hydrogen-bond donors (Lipinski definition) is 3. The van der Waals surface area contributed by atoms with Crippen molar-refractivity contribution in [2.75, 3.05) is 6.54 Å². The molecule has 1 fully saturated rings. The molecule has 1 aliphatic carbocycles. The summed E-state index contributed by atoms with van der Waals surface area (Å²) >= 11 is 1.54. The number of nitrogens with zero attached hydrogens (tertiary/aromatic N) is 2. The van der Waals surface area contributed by atoms with Crippen molar-refractivity contribution in [2.45, 2.75) is 55.6 Å². The highest BCUT2D eigenvalue weighted by Gasteiger charge is 2.44. The van der Waals surface area contributed by atoms with Crippen LogP contribution in [0.1, 0.15) is 33.1 Å². The number of nitrogens with two attached hydrogens (primary N) is 1. The summed E-state index contributed by atoms with van der Waals surface area (Å²) in [5.74, 6) is -0.294. The molecule has 1 aromatic rings. The first-order chi connectivity index (χ1) is 9.52. The van der Waals surface area contributed by atoms with Crippen molar-refractivity contribution in [1.82, 2.24) is 20.1 Å². The van der Waals surface area contributed by atoms with Crippen molar-refractivity contribution in [3.8, 4) is 0 Å². The Hall–Kier alpha value is -1.28. The number of aromatic nitrogens is 3. The molecule has 2 atom stereocenters. The van der Waals surface area contributed by atoms with Gasteiger partial charge < -0.3 is 11.1 Å². The summed E-state index contributed by atoms with van der Waals surface area (Å²) in [6.45, 7) is 5.16. The van der Waals surface area contributed by atoms with Crippen molar-refractivity contribution in [3.63, 3.8) is 0 Å². The van der Waals surface area contributed by atoms with Crippen LogP contribution >= 0.6 is 11.8 Å². The summed E-state index contributed by atoms with van der Waals surface area (Å²) in [6, 6.07) is 0. The molecule has 20 heavy (non-hydrogen) atoms. The van der Waals surface area contributed by atoms with E-state index in [-0.39, 0.29) is 16.8 Å². The average molecular weight is 299 g/mol. The van der Waals surface area contributed by atoms with Crippen LogP contribution in [0.25, 0.3) is 0 Å². The lowest BCUT2D eigenvalue weighted by molar-refractivity contribution is -0.124. The van der Waals surface area contributed by atoms with Crippen LogP contribution in [0.2, 0.25) is 0 Å². The van der Waals surface area contributed by atoms with E-state index in [9.17, 15) is 9.59 Å². The zero-order valence-electron chi connectivity index (χ0n) is 11.8. The highest BCUT2D eigenvalue weighted by Crippen LogP contribution is 2.39. The minimum Gasteiger partial charge on any atom is -0.368 e. The van der Waals surface area contributed by atoms with E-state index in [0.717, 1.165) is 12.8 Å². The van der Waals surface area contributed by atoms with Gasteiger partial charge >= 0.3 is 5.69 Å². The topological polar surface area (TPSA) is 106 Å². The first-order valence-corrected chi connectivity index (χ1v) is 7.77. The fraction of sp³-hybridized carbons (Fsp3) is 0.750. The largest absolute Gasteiger partial charge is 0.368 e. The molecule has 1 aliphatic rings. The Kier molecular flexibility index (Phi) is 4.54. The Morgan fingerprint density at radius 1 is 1.65 bits per heavy atom. The Morgan fingerprint density at radius 2 is 2.40 bits per heavy atom. The summed E-state index contributed by atoms with van der Waals surface area (Å²) in [4.78, 5) is 23.2. The maximum absolute atomic E-state index is 11.7. The zero-order valence-corrected chi connectivity index (χ0v) is 12.6. The van der Waals surface area contributed by atoms with Crippen molar-refractivity contribution < 1.29 is 4.79 Å². The average Bonchev–Trinajstić information content (AvgIpc) is 2.96. The van der Waals surface area contributed by atoms with Gasteiger partial charge in [-0.3, -0.25) is 9.36 Å². The number of carbonyl (C=O) groups is 1. The number of primary amides is 1. The van der Waals surface area contributed by atoms with Crippen LogP contribution in [0.5, 0.6) is 0 Å². The van der Waals surface area contributed by atoms with Crippen LogP contribution in [-0.4, -0.2) is 38.0 Å². The van der Waals surface area contributed by atoms with E-state index in [1.54, 1.807) is 16.3 Å². The van der Waals surface area contributed by atoms with E-state index in [1.807, 2.05) is 13.8 Å². The van der Waals surface area contributed by atoms with Gasteiger partial charge in [-0.1, -0.05) is 18.7 Å². The van der Waals surface area contributed by atoms with Crippen LogP contribution in [0, 0.1) is 0 Å². The third-order valence-corrected chi connectivity index (χ3v) is 5.03. The SMILES string of the molecule is CCNC1(C(N)=O)CCC(Sc2n[nH]c(=O)n2CC)C1. The highest BCUT2D eigenvalue weighted by molar-refractivity contribution is 7.99. The lowest BCUT2D eigenvalue weighted by Crippen LogP contribution is -2.53. The molecule has 2 rings (SSSR count). The summed E-state index contributed by atoms with van der Waals surface area (Å²) < 4.78 is 1.60. The Balaban J connectivity index is 2.09. The number of likely N-dealkylation sites (N-methyl/N-ethyl adjacent to an activating group) is 1. The van der Waals surface area contributed by atoms with Gasteiger partial charge in [-0.25, -0.2) is 9.89 Å². The number of H-pyrrole nitrogens is 1. The predicted molar refractivity (Wildman–Crippen MR) is 77.6 cm³/mol. The second-order valence-corrected chi connectivity index (χ2v) is 6.28. The summed E-state index contributed by atoms with van der Waals surface area (Å²) in [6.07, 6.45) is 2.28. The van der Waals surface area contributed by atoms with Gasteiger partial charge in [0.15, 0.2) is 5.16 Å². The normalized spacial score (nSPS) is 26.0. The fourth-order valence-electron chi connectivity index (χ4n) is 2.73. The lowest BCUT2D eigenvalue weighted by Gasteiger charge is -2.26. The van der Waals surface area contributed by atoms with Crippen LogP contribution in [0.3, 0.4) is 0 Å². The molecule has 0 radical (unpaired) electrons. The van der Waals surface area contributed by atoms with Gasteiger partial charge in [0.05, 0.1) is 5.54 Å². The molecule has 0 aliphatic heterocycles. The first kappa shape index (κ1) is 15.1. The number of hydrogen-bond acceptors (Lipinski definition) is 5. The van der Waals surface area contributed by atoms with E-state index in [4.69, 9.17) is 5.73 Å². The van der Waals surface area contributed by atoms with Crippen LogP contribution in [-0.2, 0) is 11.3 Å². The fourth-order valence-corrected chi connectivity index (χ4v) is 4.07. The monoisotopic (exact) mass is 299 g/mol. The quantitative estimate of drug-likeness (QED) is 0.689. The van der Waals surface area contributed by atoms with E-state index in [1.165, 1.54) is 0 Å². The Morgan fingerprint density at radius 3 is 3.00 bits per heavy atom. The molecule has 8 heteroatoms. The molecule has 1 aromatic heterocycles. The highest BCUT2D eigenvalue weighted by atomic mass is 32.2. The predicted octanol–water partition coefficient (Wildman–Crippen LogP) is 0.0695. The molecule has 0 spiro atoms. The first-order valence-electron chi connectivity index (χ1n) is 6.89.